The molecule has 0 aromatic rings. The maximum Gasteiger partial charge on any atom is 0.306 e. The molecule has 0 saturated carbocycles. The van der Waals surface area contributed by atoms with Crippen molar-refractivity contribution in [3.63, 3.8) is 0 Å². The van der Waals surface area contributed by atoms with E-state index in [-0.39, 0.29) is 11.9 Å². The second kappa shape index (κ2) is 19.0. The molecule has 0 amide bonds. The van der Waals surface area contributed by atoms with Crippen molar-refractivity contribution in [3.05, 3.63) is 12.2 Å². The van der Waals surface area contributed by atoms with E-state index in [2.05, 4.69) is 0 Å². The van der Waals surface area contributed by atoms with Crippen molar-refractivity contribution in [3.8, 4) is 0 Å². The Hall–Kier alpha value is -1.32. The number of hydrogen-bond donors (Lipinski definition) is 0. The molecule has 0 spiro atoms. The van der Waals surface area contributed by atoms with E-state index < -0.39 is 0 Å². The van der Waals surface area contributed by atoms with Crippen LogP contribution in [0.15, 0.2) is 12.2 Å². The highest BCUT2D eigenvalue weighted by molar-refractivity contribution is 5.70. The first kappa shape index (κ1) is 24.7. The minimum Gasteiger partial charge on any atom is -0.466 e. The molecule has 1 rings (SSSR count). The maximum atomic E-state index is 11.7. The minimum absolute atomic E-state index is 0.120. The summed E-state index contributed by atoms with van der Waals surface area (Å²) in [5, 5.41) is 0. The lowest BCUT2D eigenvalue weighted by atomic mass is 10.0. The Balaban J connectivity index is 2.19. The number of carbonyl (C=O) groups excluding carboxylic acids is 2. The summed E-state index contributed by atoms with van der Waals surface area (Å²) in [5.41, 5.74) is 0. The molecule has 0 radical (unpaired) electrons. The Bertz CT molecular complexity index is 379. The first-order chi connectivity index (χ1) is 13.8. The van der Waals surface area contributed by atoms with Crippen molar-refractivity contribution >= 4 is 11.9 Å². The van der Waals surface area contributed by atoms with Crippen molar-refractivity contribution < 1.29 is 19.1 Å². The van der Waals surface area contributed by atoms with Crippen LogP contribution in [0.25, 0.3) is 0 Å². The van der Waals surface area contributed by atoms with Crippen molar-refractivity contribution in [2.24, 2.45) is 0 Å². The molecule has 0 bridgehead atoms. The molecule has 0 atom stereocenters. The molecule has 162 valence electrons. The summed E-state index contributed by atoms with van der Waals surface area (Å²) < 4.78 is 10.5. The van der Waals surface area contributed by atoms with E-state index in [1.165, 1.54) is 64.2 Å². The van der Waals surface area contributed by atoms with Gasteiger partial charge in [-0.1, -0.05) is 89.2 Å². The lowest BCUT2D eigenvalue weighted by molar-refractivity contribution is -0.144. The molecule has 4 heteroatoms. The van der Waals surface area contributed by atoms with Crippen LogP contribution in [-0.4, -0.2) is 25.2 Å². The number of hydrogen-bond acceptors (Lipinski definition) is 4. The average molecular weight is 395 g/mol. The largest absolute Gasteiger partial charge is 0.466 e. The van der Waals surface area contributed by atoms with Gasteiger partial charge in [-0.2, -0.15) is 0 Å². The van der Waals surface area contributed by atoms with Gasteiger partial charge in [-0.3, -0.25) is 9.59 Å². The highest BCUT2D eigenvalue weighted by Crippen LogP contribution is 2.13. The summed E-state index contributed by atoms with van der Waals surface area (Å²) in [6.07, 6.45) is 23.6. The predicted molar refractivity (Wildman–Crippen MR) is 114 cm³/mol. The smallest absolute Gasteiger partial charge is 0.306 e. The van der Waals surface area contributed by atoms with Crippen LogP contribution in [0.4, 0.5) is 0 Å². The maximum absolute atomic E-state index is 11.7. The number of carbonyl (C=O) groups is 2. The molecule has 0 N–H and O–H groups in total. The lowest BCUT2D eigenvalue weighted by Gasteiger charge is -2.06. The second-order valence-corrected chi connectivity index (χ2v) is 7.94. The van der Waals surface area contributed by atoms with Gasteiger partial charge in [-0.05, 0) is 25.7 Å². The van der Waals surface area contributed by atoms with Crippen LogP contribution in [-0.2, 0) is 19.1 Å². The van der Waals surface area contributed by atoms with Gasteiger partial charge in [0.2, 0.25) is 0 Å². The van der Waals surface area contributed by atoms with Crippen LogP contribution >= 0.6 is 0 Å². The zero-order chi connectivity index (χ0) is 20.1. The highest BCUT2D eigenvalue weighted by Gasteiger charge is 2.03. The van der Waals surface area contributed by atoms with E-state index in [4.69, 9.17) is 9.47 Å². The van der Waals surface area contributed by atoms with Gasteiger partial charge < -0.3 is 9.47 Å². The highest BCUT2D eigenvalue weighted by atomic mass is 16.5. The van der Waals surface area contributed by atoms with E-state index in [1.54, 1.807) is 0 Å². The zero-order valence-electron chi connectivity index (χ0n) is 17.9. The van der Waals surface area contributed by atoms with Gasteiger partial charge in [0.15, 0.2) is 0 Å². The Labute approximate surface area is 172 Å². The molecular formula is C24H42O4. The normalized spacial score (nSPS) is 23.3. The van der Waals surface area contributed by atoms with Crippen molar-refractivity contribution in [2.75, 3.05) is 13.2 Å². The fourth-order valence-corrected chi connectivity index (χ4v) is 3.48. The minimum atomic E-state index is -0.120. The summed E-state index contributed by atoms with van der Waals surface area (Å²) in [4.78, 5) is 23.3. The number of esters is 2. The Kier molecular flexibility index (Phi) is 16.8. The molecule has 1 aliphatic heterocycles. The molecule has 0 aromatic carbocycles. The summed E-state index contributed by atoms with van der Waals surface area (Å²) in [5.74, 6) is -0.240. The van der Waals surface area contributed by atoms with Crippen LogP contribution in [0, 0.1) is 0 Å². The average Bonchev–Trinajstić information content (AvgIpc) is 2.69. The molecule has 0 aliphatic carbocycles. The van der Waals surface area contributed by atoms with Crippen LogP contribution in [0.3, 0.4) is 0 Å². The van der Waals surface area contributed by atoms with Gasteiger partial charge in [0, 0.05) is 12.8 Å². The number of ether oxygens (including phenoxy) is 2. The summed E-state index contributed by atoms with van der Waals surface area (Å²) in [7, 11) is 0. The second-order valence-electron chi connectivity index (χ2n) is 7.94. The summed E-state index contributed by atoms with van der Waals surface area (Å²) >= 11 is 0. The van der Waals surface area contributed by atoms with Gasteiger partial charge in [-0.15, -0.1) is 0 Å². The van der Waals surface area contributed by atoms with Gasteiger partial charge in [-0.25, -0.2) is 0 Å². The Morgan fingerprint density at radius 2 is 0.750 bits per heavy atom. The fourth-order valence-electron chi connectivity index (χ4n) is 3.48. The molecule has 28 heavy (non-hydrogen) atoms. The molecule has 0 unspecified atom stereocenters. The predicted octanol–water partition coefficient (Wildman–Crippen LogP) is 6.66. The van der Waals surface area contributed by atoms with Crippen LogP contribution in [0.1, 0.15) is 116 Å². The standard InChI is InChI=1S/C24H42O4/c25-23-19-15-11-12-16-20-24(26)28-22-18-14-10-8-6-4-2-1-3-5-7-9-13-17-21-27-23/h11-12H,1-10,13-22H2/b12-11+. The van der Waals surface area contributed by atoms with Crippen molar-refractivity contribution in [1.29, 1.82) is 0 Å². The Morgan fingerprint density at radius 3 is 1.07 bits per heavy atom. The fraction of sp³-hybridized carbons (Fsp3) is 0.833. The lowest BCUT2D eigenvalue weighted by Crippen LogP contribution is -2.05. The third kappa shape index (κ3) is 16.8. The summed E-state index contributed by atoms with van der Waals surface area (Å²) in [6.45, 7) is 1.10. The van der Waals surface area contributed by atoms with Crippen molar-refractivity contribution in [2.45, 2.75) is 116 Å². The number of rotatable bonds is 0. The molecule has 1 heterocycles. The van der Waals surface area contributed by atoms with E-state index in [9.17, 15) is 9.59 Å². The monoisotopic (exact) mass is 394 g/mol. The van der Waals surface area contributed by atoms with Crippen LogP contribution < -0.4 is 0 Å². The van der Waals surface area contributed by atoms with Gasteiger partial charge in [0.05, 0.1) is 13.2 Å². The molecular weight excluding hydrogens is 352 g/mol. The zero-order valence-corrected chi connectivity index (χ0v) is 17.9. The third-order valence-corrected chi connectivity index (χ3v) is 5.26. The van der Waals surface area contributed by atoms with E-state index in [0.717, 1.165) is 25.7 Å². The van der Waals surface area contributed by atoms with Crippen LogP contribution in [0.5, 0.6) is 0 Å². The summed E-state index contributed by atoms with van der Waals surface area (Å²) in [6, 6.07) is 0. The van der Waals surface area contributed by atoms with E-state index in [1.807, 2.05) is 12.2 Å². The first-order valence-electron chi connectivity index (χ1n) is 11.8. The van der Waals surface area contributed by atoms with Gasteiger partial charge in [0.1, 0.15) is 0 Å². The molecule has 0 saturated heterocycles. The molecule has 4 nitrogen and oxygen atoms in total. The number of cyclic esters (lactones) is 2. The van der Waals surface area contributed by atoms with E-state index >= 15 is 0 Å². The topological polar surface area (TPSA) is 52.6 Å². The number of allylic oxidation sites excluding steroid dienone is 2. The molecule has 0 aromatic heterocycles. The molecule has 0 fully saturated rings. The Morgan fingerprint density at radius 1 is 0.464 bits per heavy atom. The SMILES string of the molecule is O=C1CC/C=C/CCC(=O)OCCCCCCCCCCCCCCCCO1. The first-order valence-corrected chi connectivity index (χ1v) is 11.8. The van der Waals surface area contributed by atoms with Crippen molar-refractivity contribution in [1.82, 2.24) is 0 Å². The molecule has 1 aliphatic rings. The van der Waals surface area contributed by atoms with Gasteiger partial charge >= 0.3 is 11.9 Å². The van der Waals surface area contributed by atoms with Crippen LogP contribution in [0.2, 0.25) is 0 Å². The quantitative estimate of drug-likeness (QED) is 0.340. The van der Waals surface area contributed by atoms with Gasteiger partial charge in [0.25, 0.3) is 0 Å². The van der Waals surface area contributed by atoms with E-state index in [0.29, 0.717) is 38.9 Å². The third-order valence-electron chi connectivity index (χ3n) is 5.26.